The molecule has 0 aliphatic carbocycles. The lowest BCUT2D eigenvalue weighted by molar-refractivity contribution is -0.00545. The van der Waals surface area contributed by atoms with E-state index >= 15 is 0 Å². The average molecular weight is 622 g/mol. The number of ether oxygens (including phenoxy) is 2. The molecule has 3 aromatic heterocycles. The van der Waals surface area contributed by atoms with Crippen LogP contribution in [0.2, 0.25) is 5.02 Å². The molecule has 0 bridgehead atoms. The van der Waals surface area contributed by atoms with Crippen molar-refractivity contribution in [2.24, 2.45) is 0 Å². The van der Waals surface area contributed by atoms with Gasteiger partial charge in [0.1, 0.15) is 10.7 Å². The summed E-state index contributed by atoms with van der Waals surface area (Å²) in [5.74, 6) is 0.416. The highest BCUT2D eigenvalue weighted by Crippen LogP contribution is 2.37. The first-order valence-electron chi connectivity index (χ1n) is 14.2. The van der Waals surface area contributed by atoms with Gasteiger partial charge in [-0.2, -0.15) is 0 Å². The number of hydrogen-bond donors (Lipinski definition) is 1. The Bertz CT molecular complexity index is 1810. The van der Waals surface area contributed by atoms with Crippen LogP contribution in [0.25, 0.3) is 22.3 Å². The van der Waals surface area contributed by atoms with Crippen LogP contribution in [0.5, 0.6) is 5.75 Å². The molecule has 1 fully saturated rings. The number of anilines is 1. The molecule has 0 spiro atoms. The van der Waals surface area contributed by atoms with E-state index in [-0.39, 0.29) is 51.8 Å². The van der Waals surface area contributed by atoms with Gasteiger partial charge in [0, 0.05) is 30.2 Å². The van der Waals surface area contributed by atoms with Crippen molar-refractivity contribution in [1.29, 1.82) is 0 Å². The number of pyridine rings is 3. The van der Waals surface area contributed by atoms with Crippen LogP contribution in [-0.4, -0.2) is 66.4 Å². The number of amides is 1. The van der Waals surface area contributed by atoms with Gasteiger partial charge in [-0.15, -0.1) is 0 Å². The standard InChI is InChI=1S/C31H32ClN5O5S/c1-18-9-10-43(39,40)28-12-22(11-24(32)30(28)42-18)31(38)34-15-23-13-27-21(14-33-23)7-8-26(35-27)25-5-4-6-29(36-25)37-16-19(2)41-20(3)17-37/h4-8,11-14,18-20H,9-10,15-17H2,1-3H3,(H,34,38)/t18-,19-,20+/m0/s1. The maximum absolute atomic E-state index is 13.1. The molecule has 0 unspecified atom stereocenters. The number of fused-ring (bicyclic) bond motifs is 2. The molecule has 0 radical (unpaired) electrons. The minimum absolute atomic E-state index is 0.0645. The summed E-state index contributed by atoms with van der Waals surface area (Å²) in [5, 5.41) is 3.74. The normalized spacial score (nSPS) is 21.5. The van der Waals surface area contributed by atoms with Gasteiger partial charge < -0.3 is 19.7 Å². The number of nitrogens with one attached hydrogen (secondary N) is 1. The first kappa shape index (κ1) is 29.3. The fourth-order valence-corrected chi connectivity index (χ4v) is 7.34. The first-order valence-corrected chi connectivity index (χ1v) is 16.2. The second-order valence-electron chi connectivity index (χ2n) is 11.1. The number of morpholine rings is 1. The summed E-state index contributed by atoms with van der Waals surface area (Å²) in [4.78, 5) is 29.4. The third-order valence-corrected chi connectivity index (χ3v) is 9.55. The summed E-state index contributed by atoms with van der Waals surface area (Å²) in [6.45, 7) is 7.57. The highest BCUT2D eigenvalue weighted by molar-refractivity contribution is 7.91. The van der Waals surface area contributed by atoms with Crippen molar-refractivity contribution in [2.75, 3.05) is 23.7 Å². The largest absolute Gasteiger partial charge is 0.488 e. The molecule has 4 aromatic rings. The summed E-state index contributed by atoms with van der Waals surface area (Å²) < 4.78 is 37.3. The molecule has 1 saturated heterocycles. The van der Waals surface area contributed by atoms with E-state index in [1.165, 1.54) is 12.1 Å². The minimum Gasteiger partial charge on any atom is -0.488 e. The lowest BCUT2D eigenvalue weighted by Crippen LogP contribution is -2.45. The van der Waals surface area contributed by atoms with Gasteiger partial charge in [-0.05, 0) is 69.7 Å². The van der Waals surface area contributed by atoms with Crippen LogP contribution < -0.4 is 15.0 Å². The van der Waals surface area contributed by atoms with Crippen LogP contribution in [0.3, 0.4) is 0 Å². The quantitative estimate of drug-likeness (QED) is 0.334. The van der Waals surface area contributed by atoms with E-state index in [2.05, 4.69) is 29.0 Å². The smallest absolute Gasteiger partial charge is 0.251 e. The molecule has 10 nitrogen and oxygen atoms in total. The Hall–Kier alpha value is -3.80. The fourth-order valence-electron chi connectivity index (χ4n) is 5.41. The fraction of sp³-hybridized carbons (Fsp3) is 0.355. The van der Waals surface area contributed by atoms with Gasteiger partial charge in [-0.25, -0.2) is 18.4 Å². The van der Waals surface area contributed by atoms with Crippen LogP contribution >= 0.6 is 11.6 Å². The Balaban J connectivity index is 1.21. The van der Waals surface area contributed by atoms with Crippen molar-refractivity contribution >= 4 is 44.1 Å². The summed E-state index contributed by atoms with van der Waals surface area (Å²) in [7, 11) is -3.65. The van der Waals surface area contributed by atoms with Crippen molar-refractivity contribution in [3.05, 3.63) is 71.0 Å². The van der Waals surface area contributed by atoms with Gasteiger partial charge in [-0.3, -0.25) is 9.78 Å². The maximum Gasteiger partial charge on any atom is 0.251 e. The Morgan fingerprint density at radius 1 is 1.02 bits per heavy atom. The number of hydrogen-bond acceptors (Lipinski definition) is 9. The summed E-state index contributed by atoms with van der Waals surface area (Å²) >= 11 is 6.37. The number of nitrogens with zero attached hydrogens (tertiary/aromatic N) is 4. The zero-order chi connectivity index (χ0) is 30.3. The van der Waals surface area contributed by atoms with Crippen molar-refractivity contribution < 1.29 is 22.7 Å². The molecule has 1 N–H and O–H groups in total. The van der Waals surface area contributed by atoms with Crippen molar-refractivity contribution in [2.45, 2.75) is 56.9 Å². The zero-order valence-electron chi connectivity index (χ0n) is 24.1. The van der Waals surface area contributed by atoms with Crippen molar-refractivity contribution in [1.82, 2.24) is 20.3 Å². The van der Waals surface area contributed by atoms with Gasteiger partial charge in [0.15, 0.2) is 15.6 Å². The number of carbonyl (C=O) groups excluding carboxylic acids is 1. The van der Waals surface area contributed by atoms with Gasteiger partial charge >= 0.3 is 0 Å². The molecular formula is C31H32ClN5O5S. The van der Waals surface area contributed by atoms with E-state index in [1.54, 1.807) is 13.1 Å². The monoisotopic (exact) mass is 621 g/mol. The molecule has 5 heterocycles. The molecule has 224 valence electrons. The van der Waals surface area contributed by atoms with E-state index in [4.69, 9.17) is 31.0 Å². The minimum atomic E-state index is -3.65. The molecule has 2 aliphatic rings. The van der Waals surface area contributed by atoms with Crippen LogP contribution in [0.4, 0.5) is 5.82 Å². The zero-order valence-corrected chi connectivity index (χ0v) is 25.7. The molecule has 43 heavy (non-hydrogen) atoms. The Morgan fingerprint density at radius 2 is 1.79 bits per heavy atom. The van der Waals surface area contributed by atoms with Crippen molar-refractivity contribution in [3.8, 4) is 17.1 Å². The number of sulfone groups is 1. The number of aromatic nitrogens is 3. The van der Waals surface area contributed by atoms with E-state index in [0.717, 1.165) is 35.7 Å². The topological polar surface area (TPSA) is 124 Å². The summed E-state index contributed by atoms with van der Waals surface area (Å²) in [5.41, 5.74) is 2.91. The highest BCUT2D eigenvalue weighted by Gasteiger charge is 2.30. The Kier molecular flexibility index (Phi) is 7.97. The van der Waals surface area contributed by atoms with Gasteiger partial charge in [0.05, 0.1) is 58.2 Å². The van der Waals surface area contributed by atoms with Gasteiger partial charge in [0.25, 0.3) is 5.91 Å². The lowest BCUT2D eigenvalue weighted by Gasteiger charge is -2.36. The highest BCUT2D eigenvalue weighted by atomic mass is 35.5. The summed E-state index contributed by atoms with van der Waals surface area (Å²) in [6, 6.07) is 14.3. The second-order valence-corrected chi connectivity index (χ2v) is 13.6. The molecule has 1 amide bonds. The van der Waals surface area contributed by atoms with Crippen LogP contribution in [0, 0.1) is 0 Å². The number of rotatable bonds is 5. The SMILES string of the molecule is C[C@@H]1CN(c2cccc(-c3ccc4cnc(CNC(=O)c5cc(Cl)c6c(c5)S(=O)(=O)CC[C@H](C)O6)cc4n3)n2)C[C@H](C)O1. The second kappa shape index (κ2) is 11.7. The van der Waals surface area contributed by atoms with E-state index < -0.39 is 15.7 Å². The predicted octanol–water partition coefficient (Wildman–Crippen LogP) is 4.83. The molecule has 2 aliphatic heterocycles. The third-order valence-electron chi connectivity index (χ3n) is 7.52. The molecule has 0 saturated carbocycles. The lowest BCUT2D eigenvalue weighted by atomic mass is 10.1. The maximum atomic E-state index is 13.1. The number of benzene rings is 1. The average Bonchev–Trinajstić information content (AvgIpc) is 3.10. The van der Waals surface area contributed by atoms with Gasteiger partial charge in [0.2, 0.25) is 0 Å². The van der Waals surface area contributed by atoms with Crippen LogP contribution in [-0.2, 0) is 21.1 Å². The predicted molar refractivity (Wildman–Crippen MR) is 164 cm³/mol. The first-order chi connectivity index (χ1) is 20.6. The van der Waals surface area contributed by atoms with E-state index in [1.807, 2.05) is 36.4 Å². The third kappa shape index (κ3) is 6.29. The van der Waals surface area contributed by atoms with Crippen LogP contribution in [0.15, 0.2) is 59.6 Å². The number of halogens is 1. The van der Waals surface area contributed by atoms with Crippen LogP contribution in [0.1, 0.15) is 43.2 Å². The molecular weight excluding hydrogens is 590 g/mol. The molecule has 6 rings (SSSR count). The molecule has 3 atom stereocenters. The molecule has 1 aromatic carbocycles. The Morgan fingerprint density at radius 3 is 2.58 bits per heavy atom. The molecule has 12 heteroatoms. The van der Waals surface area contributed by atoms with E-state index in [0.29, 0.717) is 17.6 Å². The van der Waals surface area contributed by atoms with E-state index in [9.17, 15) is 13.2 Å². The van der Waals surface area contributed by atoms with Gasteiger partial charge in [-0.1, -0.05) is 17.7 Å². The number of carbonyl (C=O) groups is 1. The Labute approximate surface area is 255 Å². The summed E-state index contributed by atoms with van der Waals surface area (Å²) in [6.07, 6.45) is 1.99. The van der Waals surface area contributed by atoms with Crippen molar-refractivity contribution in [3.63, 3.8) is 0 Å².